The number of imide groups is 1. The summed E-state index contributed by atoms with van der Waals surface area (Å²) in [7, 11) is 0. The first-order valence-electron chi connectivity index (χ1n) is 7.98. The zero-order valence-electron chi connectivity index (χ0n) is 13.7. The molecule has 1 heterocycles. The third kappa shape index (κ3) is 2.79. The average Bonchev–Trinajstić information content (AvgIpc) is 2.85. The Labute approximate surface area is 136 Å². The van der Waals surface area contributed by atoms with Crippen molar-refractivity contribution < 1.29 is 9.59 Å². The van der Waals surface area contributed by atoms with Crippen molar-refractivity contribution in [3.05, 3.63) is 65.2 Å². The second-order valence-electron chi connectivity index (χ2n) is 6.35. The number of anilines is 1. The first-order valence-corrected chi connectivity index (χ1v) is 7.98. The van der Waals surface area contributed by atoms with Crippen LogP contribution in [0.2, 0.25) is 0 Å². The van der Waals surface area contributed by atoms with Crippen LogP contribution in [0, 0.1) is 19.8 Å². The molecule has 0 aromatic heterocycles. The van der Waals surface area contributed by atoms with Crippen LogP contribution in [0.3, 0.4) is 0 Å². The van der Waals surface area contributed by atoms with E-state index in [0.29, 0.717) is 5.69 Å². The molecule has 2 aromatic rings. The van der Waals surface area contributed by atoms with Crippen LogP contribution in [0.4, 0.5) is 5.69 Å². The van der Waals surface area contributed by atoms with Crippen molar-refractivity contribution in [3.8, 4) is 0 Å². The number of carbonyl (C=O) groups is 2. The van der Waals surface area contributed by atoms with Crippen LogP contribution in [0.25, 0.3) is 0 Å². The second kappa shape index (κ2) is 5.99. The summed E-state index contributed by atoms with van der Waals surface area (Å²) in [5, 5.41) is 0. The summed E-state index contributed by atoms with van der Waals surface area (Å²) in [5.74, 6) is -0.448. The Morgan fingerprint density at radius 2 is 1.70 bits per heavy atom. The fraction of sp³-hybridized carbons (Fsp3) is 0.300. The van der Waals surface area contributed by atoms with Gasteiger partial charge in [-0.15, -0.1) is 0 Å². The lowest BCUT2D eigenvalue weighted by Crippen LogP contribution is -2.31. The second-order valence-corrected chi connectivity index (χ2v) is 6.35. The molecule has 0 spiro atoms. The number of benzene rings is 2. The van der Waals surface area contributed by atoms with E-state index in [4.69, 9.17) is 0 Å². The Morgan fingerprint density at radius 1 is 1.00 bits per heavy atom. The van der Waals surface area contributed by atoms with Crippen LogP contribution in [0.15, 0.2) is 48.5 Å². The van der Waals surface area contributed by atoms with Crippen molar-refractivity contribution in [1.82, 2.24) is 0 Å². The lowest BCUT2D eigenvalue weighted by Gasteiger charge is -2.20. The minimum Gasteiger partial charge on any atom is -0.274 e. The van der Waals surface area contributed by atoms with Crippen LogP contribution in [0.5, 0.6) is 0 Å². The van der Waals surface area contributed by atoms with E-state index in [0.717, 1.165) is 16.7 Å². The molecule has 118 valence electrons. The Bertz CT molecular complexity index is 751. The number of hydrogen-bond donors (Lipinski definition) is 0. The largest absolute Gasteiger partial charge is 0.274 e. The molecule has 0 aliphatic carbocycles. The zero-order valence-corrected chi connectivity index (χ0v) is 13.7. The Hall–Kier alpha value is -2.42. The number of nitrogens with zero attached hydrogens (tertiary/aromatic N) is 1. The van der Waals surface area contributed by atoms with Gasteiger partial charge in [0.15, 0.2) is 0 Å². The van der Waals surface area contributed by atoms with Crippen LogP contribution in [-0.4, -0.2) is 11.8 Å². The summed E-state index contributed by atoms with van der Waals surface area (Å²) in [6, 6.07) is 15.7. The maximum atomic E-state index is 12.8. The molecule has 0 bridgehead atoms. The summed E-state index contributed by atoms with van der Waals surface area (Å²) >= 11 is 0. The van der Waals surface area contributed by atoms with E-state index in [2.05, 4.69) is 0 Å². The maximum absolute atomic E-state index is 12.8. The predicted octanol–water partition coefficient (Wildman–Crippen LogP) is 3.99. The van der Waals surface area contributed by atoms with Gasteiger partial charge >= 0.3 is 0 Å². The molecule has 1 saturated heterocycles. The van der Waals surface area contributed by atoms with E-state index in [9.17, 15) is 9.59 Å². The quantitative estimate of drug-likeness (QED) is 0.804. The normalized spacial score (nSPS) is 19.3. The van der Waals surface area contributed by atoms with Gasteiger partial charge in [-0.2, -0.15) is 0 Å². The number of amides is 2. The summed E-state index contributed by atoms with van der Waals surface area (Å²) in [5.41, 5.74) is 4.02. The molecule has 0 radical (unpaired) electrons. The standard InChI is InChI=1S/C20H21NO2/c1-13-9-10-17(11-14(13)2)21-19(22)12-18(20(21)23)15(3)16-7-5-4-6-8-16/h4-11,15,18H,12H2,1-3H3/t15-,18+/m0/s1. The highest BCUT2D eigenvalue weighted by Crippen LogP contribution is 2.36. The topological polar surface area (TPSA) is 37.4 Å². The van der Waals surface area contributed by atoms with Gasteiger partial charge in [0.25, 0.3) is 0 Å². The Kier molecular flexibility index (Phi) is 4.03. The van der Waals surface area contributed by atoms with Gasteiger partial charge in [-0.25, -0.2) is 0 Å². The smallest absolute Gasteiger partial charge is 0.237 e. The Morgan fingerprint density at radius 3 is 2.35 bits per heavy atom. The fourth-order valence-corrected chi connectivity index (χ4v) is 3.17. The van der Waals surface area contributed by atoms with Gasteiger partial charge in [-0.05, 0) is 48.6 Å². The van der Waals surface area contributed by atoms with Crippen molar-refractivity contribution in [3.63, 3.8) is 0 Å². The minimum absolute atomic E-state index is 0.0317. The maximum Gasteiger partial charge on any atom is 0.237 e. The van der Waals surface area contributed by atoms with Crippen molar-refractivity contribution in [2.75, 3.05) is 4.90 Å². The van der Waals surface area contributed by atoms with Gasteiger partial charge < -0.3 is 0 Å². The molecule has 3 nitrogen and oxygen atoms in total. The third-order valence-corrected chi connectivity index (χ3v) is 4.86. The highest BCUT2D eigenvalue weighted by Gasteiger charge is 2.42. The summed E-state index contributed by atoms with van der Waals surface area (Å²) in [6.45, 7) is 6.04. The van der Waals surface area contributed by atoms with E-state index in [1.165, 1.54) is 4.90 Å². The molecular weight excluding hydrogens is 286 g/mol. The molecule has 0 unspecified atom stereocenters. The van der Waals surface area contributed by atoms with Gasteiger partial charge in [0.2, 0.25) is 11.8 Å². The van der Waals surface area contributed by atoms with Gasteiger partial charge in [0.05, 0.1) is 11.6 Å². The van der Waals surface area contributed by atoms with Crippen LogP contribution in [0.1, 0.15) is 36.0 Å². The Balaban J connectivity index is 1.89. The molecule has 2 amide bonds. The molecular formula is C20H21NO2. The fourth-order valence-electron chi connectivity index (χ4n) is 3.17. The number of hydrogen-bond acceptors (Lipinski definition) is 2. The highest BCUT2D eigenvalue weighted by molar-refractivity contribution is 6.21. The van der Waals surface area contributed by atoms with Crippen LogP contribution >= 0.6 is 0 Å². The molecule has 23 heavy (non-hydrogen) atoms. The van der Waals surface area contributed by atoms with Crippen molar-refractivity contribution in [2.45, 2.75) is 33.1 Å². The molecule has 1 fully saturated rings. The average molecular weight is 307 g/mol. The lowest BCUT2D eigenvalue weighted by atomic mass is 9.86. The van der Waals surface area contributed by atoms with Gasteiger partial charge in [0, 0.05) is 6.42 Å². The number of rotatable bonds is 3. The molecule has 1 aliphatic rings. The van der Waals surface area contributed by atoms with Crippen molar-refractivity contribution in [1.29, 1.82) is 0 Å². The highest BCUT2D eigenvalue weighted by atomic mass is 16.2. The zero-order chi connectivity index (χ0) is 16.6. The first kappa shape index (κ1) is 15.5. The first-order chi connectivity index (χ1) is 11.0. The number of carbonyl (C=O) groups excluding carboxylic acids is 2. The SMILES string of the molecule is Cc1ccc(N2C(=O)C[C@H]([C@@H](C)c3ccccc3)C2=O)cc1C. The van der Waals surface area contributed by atoms with Crippen molar-refractivity contribution >= 4 is 17.5 Å². The van der Waals surface area contributed by atoms with Crippen LogP contribution in [-0.2, 0) is 9.59 Å². The van der Waals surface area contributed by atoms with E-state index in [-0.39, 0.29) is 30.1 Å². The van der Waals surface area contributed by atoms with Gasteiger partial charge in [-0.1, -0.05) is 43.3 Å². The van der Waals surface area contributed by atoms with Crippen LogP contribution < -0.4 is 4.90 Å². The molecule has 2 atom stereocenters. The lowest BCUT2D eigenvalue weighted by molar-refractivity contribution is -0.122. The summed E-state index contributed by atoms with van der Waals surface area (Å²) < 4.78 is 0. The predicted molar refractivity (Wildman–Crippen MR) is 91.4 cm³/mol. The molecule has 3 rings (SSSR count). The van der Waals surface area contributed by atoms with Gasteiger partial charge in [-0.3, -0.25) is 14.5 Å². The molecule has 0 saturated carbocycles. The van der Waals surface area contributed by atoms with E-state index in [1.807, 2.05) is 69.3 Å². The molecule has 2 aromatic carbocycles. The van der Waals surface area contributed by atoms with Gasteiger partial charge in [0.1, 0.15) is 0 Å². The van der Waals surface area contributed by atoms with E-state index < -0.39 is 0 Å². The molecule has 0 N–H and O–H groups in total. The monoisotopic (exact) mass is 307 g/mol. The van der Waals surface area contributed by atoms with Crippen molar-refractivity contribution in [2.24, 2.45) is 5.92 Å². The summed E-state index contributed by atoms with van der Waals surface area (Å²) in [4.78, 5) is 26.6. The molecule has 3 heteroatoms. The van der Waals surface area contributed by atoms with E-state index >= 15 is 0 Å². The third-order valence-electron chi connectivity index (χ3n) is 4.86. The molecule has 1 aliphatic heterocycles. The number of aryl methyl sites for hydroxylation is 2. The van der Waals surface area contributed by atoms with E-state index in [1.54, 1.807) is 0 Å². The summed E-state index contributed by atoms with van der Waals surface area (Å²) in [6.07, 6.45) is 0.280. The minimum atomic E-state index is -0.286.